The number of nitrogen functional groups attached to an aromatic ring is 1. The number of halogens is 1. The summed E-state index contributed by atoms with van der Waals surface area (Å²) in [4.78, 5) is 10.4. The molecule has 0 amide bonds. The Bertz CT molecular complexity index is 365. The van der Waals surface area contributed by atoms with Gasteiger partial charge in [-0.2, -0.15) is 0 Å². The van der Waals surface area contributed by atoms with Crippen molar-refractivity contribution in [1.29, 1.82) is 0 Å². The Kier molecular flexibility index (Phi) is 2.91. The molecule has 0 aliphatic carbocycles. The van der Waals surface area contributed by atoms with E-state index in [1.807, 2.05) is 0 Å². The lowest BCUT2D eigenvalue weighted by Gasteiger charge is -2.08. The predicted molar refractivity (Wildman–Crippen MR) is 48.7 cm³/mol. The first-order chi connectivity index (χ1) is 6.54. The molecule has 0 aliphatic rings. The molecule has 0 radical (unpaired) electrons. The van der Waals surface area contributed by atoms with Gasteiger partial charge in [0.25, 0.3) is 0 Å². The lowest BCUT2D eigenvalue weighted by Crippen LogP contribution is -2.04. The fourth-order valence-corrected chi connectivity index (χ4v) is 1.10. The minimum atomic E-state index is -1.05. The first-order valence-electron chi connectivity index (χ1n) is 3.88. The molecule has 0 saturated heterocycles. The van der Waals surface area contributed by atoms with Crippen LogP contribution < -0.4 is 10.5 Å². The van der Waals surface area contributed by atoms with Crippen molar-refractivity contribution in [3.05, 3.63) is 23.5 Å². The van der Waals surface area contributed by atoms with Gasteiger partial charge >= 0.3 is 5.97 Å². The van der Waals surface area contributed by atoms with Crippen molar-refractivity contribution in [2.75, 3.05) is 12.8 Å². The van der Waals surface area contributed by atoms with Crippen molar-refractivity contribution in [3.8, 4) is 5.75 Å². The number of aliphatic carboxylic acids is 1. The third-order valence-electron chi connectivity index (χ3n) is 1.74. The monoisotopic (exact) mass is 199 g/mol. The number of hydrogen-bond donors (Lipinski definition) is 2. The largest absolute Gasteiger partial charge is 0.496 e. The molecular weight excluding hydrogens is 189 g/mol. The number of methoxy groups -OCH3 is 1. The second-order valence-corrected chi connectivity index (χ2v) is 2.76. The number of ether oxygens (including phenoxy) is 1. The SMILES string of the molecule is COc1cc(N)c(F)cc1CC(=O)O. The van der Waals surface area contributed by atoms with E-state index in [2.05, 4.69) is 0 Å². The van der Waals surface area contributed by atoms with Crippen LogP contribution >= 0.6 is 0 Å². The molecule has 0 saturated carbocycles. The van der Waals surface area contributed by atoms with Crippen molar-refractivity contribution in [3.63, 3.8) is 0 Å². The molecule has 1 rings (SSSR count). The van der Waals surface area contributed by atoms with Crippen LogP contribution in [0, 0.1) is 5.82 Å². The van der Waals surface area contributed by atoms with Gasteiger partial charge in [0.05, 0.1) is 19.2 Å². The second-order valence-electron chi connectivity index (χ2n) is 2.76. The molecule has 3 N–H and O–H groups in total. The smallest absolute Gasteiger partial charge is 0.307 e. The first-order valence-corrected chi connectivity index (χ1v) is 3.88. The molecule has 1 aromatic rings. The molecule has 14 heavy (non-hydrogen) atoms. The van der Waals surface area contributed by atoms with Crippen molar-refractivity contribution >= 4 is 11.7 Å². The summed E-state index contributed by atoms with van der Waals surface area (Å²) < 4.78 is 17.8. The quantitative estimate of drug-likeness (QED) is 0.713. The lowest BCUT2D eigenvalue weighted by molar-refractivity contribution is -0.136. The van der Waals surface area contributed by atoms with E-state index in [-0.39, 0.29) is 23.4 Å². The Morgan fingerprint density at radius 1 is 1.64 bits per heavy atom. The zero-order chi connectivity index (χ0) is 10.7. The number of nitrogens with two attached hydrogens (primary N) is 1. The number of hydrogen-bond acceptors (Lipinski definition) is 3. The number of benzene rings is 1. The standard InChI is InChI=1S/C9H10FNO3/c1-14-8-4-7(11)6(10)2-5(8)3-9(12)13/h2,4H,3,11H2,1H3,(H,12,13). The topological polar surface area (TPSA) is 72.5 Å². The average molecular weight is 199 g/mol. The maximum atomic E-state index is 13.0. The zero-order valence-electron chi connectivity index (χ0n) is 7.58. The normalized spacial score (nSPS) is 9.86. The third kappa shape index (κ3) is 2.12. The first kappa shape index (κ1) is 10.3. The van der Waals surface area contributed by atoms with E-state index in [9.17, 15) is 9.18 Å². The highest BCUT2D eigenvalue weighted by Gasteiger charge is 2.11. The van der Waals surface area contributed by atoms with Crippen molar-refractivity contribution in [2.24, 2.45) is 0 Å². The van der Waals surface area contributed by atoms with Gasteiger partial charge in [-0.25, -0.2) is 4.39 Å². The van der Waals surface area contributed by atoms with E-state index >= 15 is 0 Å². The van der Waals surface area contributed by atoms with E-state index in [0.29, 0.717) is 0 Å². The Hall–Kier alpha value is -1.78. The van der Waals surface area contributed by atoms with Gasteiger partial charge in [-0.05, 0) is 6.07 Å². The fraction of sp³-hybridized carbons (Fsp3) is 0.222. The van der Waals surface area contributed by atoms with Gasteiger partial charge in [0, 0.05) is 11.6 Å². The summed E-state index contributed by atoms with van der Waals surface area (Å²) in [6, 6.07) is 2.34. The molecule has 0 fully saturated rings. The fourth-order valence-electron chi connectivity index (χ4n) is 1.10. The molecule has 0 unspecified atom stereocenters. The lowest BCUT2D eigenvalue weighted by atomic mass is 10.1. The van der Waals surface area contributed by atoms with Crippen molar-refractivity contribution in [2.45, 2.75) is 6.42 Å². The van der Waals surface area contributed by atoms with E-state index in [1.165, 1.54) is 13.2 Å². The molecule has 0 aliphatic heterocycles. The van der Waals surface area contributed by atoms with E-state index in [0.717, 1.165) is 6.07 Å². The highest BCUT2D eigenvalue weighted by atomic mass is 19.1. The van der Waals surface area contributed by atoms with Gasteiger partial charge in [0.1, 0.15) is 11.6 Å². The van der Waals surface area contributed by atoms with Crippen LogP contribution in [-0.2, 0) is 11.2 Å². The highest BCUT2D eigenvalue weighted by Crippen LogP contribution is 2.24. The number of carbonyl (C=O) groups is 1. The average Bonchev–Trinajstić information content (AvgIpc) is 2.10. The van der Waals surface area contributed by atoms with E-state index < -0.39 is 11.8 Å². The van der Waals surface area contributed by atoms with Crippen molar-refractivity contribution in [1.82, 2.24) is 0 Å². The molecule has 0 aromatic heterocycles. The van der Waals surface area contributed by atoms with Gasteiger partial charge in [-0.3, -0.25) is 4.79 Å². The summed E-state index contributed by atoms with van der Waals surface area (Å²) in [5, 5.41) is 8.54. The van der Waals surface area contributed by atoms with Gasteiger partial charge in [-0.1, -0.05) is 0 Å². The van der Waals surface area contributed by atoms with Gasteiger partial charge in [-0.15, -0.1) is 0 Å². The van der Waals surface area contributed by atoms with Gasteiger partial charge in [0.15, 0.2) is 0 Å². The maximum Gasteiger partial charge on any atom is 0.307 e. The molecule has 0 heterocycles. The summed E-state index contributed by atoms with van der Waals surface area (Å²) in [6.07, 6.45) is -0.291. The highest BCUT2D eigenvalue weighted by molar-refractivity contribution is 5.72. The molecule has 0 atom stereocenters. The summed E-state index contributed by atoms with van der Waals surface area (Å²) >= 11 is 0. The summed E-state index contributed by atoms with van der Waals surface area (Å²) in [6.45, 7) is 0. The van der Waals surface area contributed by atoms with Crippen LogP contribution in [0.5, 0.6) is 5.75 Å². The molecular formula is C9H10FNO3. The number of carboxylic acid groups (broad SMARTS) is 1. The predicted octanol–water partition coefficient (Wildman–Crippen LogP) is 1.04. The Labute approximate surface area is 80.1 Å². The van der Waals surface area contributed by atoms with Crippen LogP contribution in [-0.4, -0.2) is 18.2 Å². The van der Waals surface area contributed by atoms with E-state index in [4.69, 9.17) is 15.6 Å². The number of carboxylic acids is 1. The summed E-state index contributed by atoms with van der Waals surface area (Å²) in [7, 11) is 1.37. The van der Waals surface area contributed by atoms with E-state index in [1.54, 1.807) is 0 Å². The minimum Gasteiger partial charge on any atom is -0.496 e. The minimum absolute atomic E-state index is 0.0593. The number of rotatable bonds is 3. The summed E-state index contributed by atoms with van der Waals surface area (Å²) in [5.74, 6) is -1.40. The molecule has 4 nitrogen and oxygen atoms in total. The Morgan fingerprint density at radius 3 is 2.79 bits per heavy atom. The number of anilines is 1. The van der Waals surface area contributed by atoms with Crippen LogP contribution in [0.25, 0.3) is 0 Å². The Morgan fingerprint density at radius 2 is 2.29 bits per heavy atom. The Balaban J connectivity index is 3.13. The van der Waals surface area contributed by atoms with Crippen LogP contribution in [0.15, 0.2) is 12.1 Å². The van der Waals surface area contributed by atoms with Gasteiger partial charge < -0.3 is 15.6 Å². The maximum absolute atomic E-state index is 13.0. The molecule has 0 bridgehead atoms. The molecule has 0 spiro atoms. The summed E-state index contributed by atoms with van der Waals surface area (Å²) in [5.41, 5.74) is 5.50. The van der Waals surface area contributed by atoms with Crippen LogP contribution in [0.3, 0.4) is 0 Å². The zero-order valence-corrected chi connectivity index (χ0v) is 7.58. The van der Waals surface area contributed by atoms with Gasteiger partial charge in [0.2, 0.25) is 0 Å². The molecule has 76 valence electrons. The van der Waals surface area contributed by atoms with Crippen LogP contribution in [0.2, 0.25) is 0 Å². The third-order valence-corrected chi connectivity index (χ3v) is 1.74. The van der Waals surface area contributed by atoms with Crippen LogP contribution in [0.1, 0.15) is 5.56 Å². The van der Waals surface area contributed by atoms with Crippen molar-refractivity contribution < 1.29 is 19.0 Å². The molecule has 1 aromatic carbocycles. The second kappa shape index (κ2) is 3.95. The molecule has 5 heteroatoms. The van der Waals surface area contributed by atoms with Crippen LogP contribution in [0.4, 0.5) is 10.1 Å².